The van der Waals surface area contributed by atoms with Gasteiger partial charge in [0.15, 0.2) is 0 Å². The van der Waals surface area contributed by atoms with Crippen LogP contribution in [0.2, 0.25) is 5.02 Å². The summed E-state index contributed by atoms with van der Waals surface area (Å²) >= 11 is 5.73. The van der Waals surface area contributed by atoms with Crippen molar-refractivity contribution < 1.29 is 14.1 Å². The molecular formula is C12H7ClFN3O3. The third-order valence-corrected chi connectivity index (χ3v) is 2.60. The van der Waals surface area contributed by atoms with Crippen molar-refractivity contribution >= 4 is 29.0 Å². The van der Waals surface area contributed by atoms with E-state index in [4.69, 9.17) is 11.6 Å². The molecule has 1 amide bonds. The molecule has 6 nitrogen and oxygen atoms in total. The van der Waals surface area contributed by atoms with Crippen molar-refractivity contribution in [2.75, 3.05) is 5.32 Å². The summed E-state index contributed by atoms with van der Waals surface area (Å²) in [4.78, 5) is 25.4. The number of nitrogens with one attached hydrogen (secondary N) is 1. The molecule has 102 valence electrons. The lowest BCUT2D eigenvalue weighted by molar-refractivity contribution is -0.387. The molecule has 0 saturated carbocycles. The molecule has 8 heteroatoms. The lowest BCUT2D eigenvalue weighted by atomic mass is 10.2. The Bertz CT molecular complexity index is 693. The fraction of sp³-hybridized carbons (Fsp3) is 0. The summed E-state index contributed by atoms with van der Waals surface area (Å²) in [5.41, 5.74) is -0.823. The second-order valence-electron chi connectivity index (χ2n) is 3.74. The maximum absolute atomic E-state index is 13.2. The summed E-state index contributed by atoms with van der Waals surface area (Å²) in [6, 6.07) is 5.80. The van der Waals surface area contributed by atoms with Gasteiger partial charge in [0.05, 0.1) is 4.92 Å². The van der Waals surface area contributed by atoms with Crippen molar-refractivity contribution in [3.63, 3.8) is 0 Å². The largest absolute Gasteiger partial charge is 0.307 e. The van der Waals surface area contributed by atoms with Gasteiger partial charge >= 0.3 is 5.69 Å². The van der Waals surface area contributed by atoms with Gasteiger partial charge in [-0.2, -0.15) is 4.39 Å². The molecule has 0 bridgehead atoms. The van der Waals surface area contributed by atoms with E-state index in [9.17, 15) is 19.3 Å². The fourth-order valence-electron chi connectivity index (χ4n) is 1.46. The Labute approximate surface area is 117 Å². The number of amides is 1. The van der Waals surface area contributed by atoms with Crippen molar-refractivity contribution in [2.45, 2.75) is 0 Å². The first-order valence-corrected chi connectivity index (χ1v) is 5.72. The number of benzene rings is 1. The highest BCUT2D eigenvalue weighted by molar-refractivity contribution is 6.30. The number of halogens is 2. The molecule has 2 rings (SSSR count). The molecule has 2 aromatic rings. The van der Waals surface area contributed by atoms with Crippen LogP contribution in [0.25, 0.3) is 0 Å². The normalized spacial score (nSPS) is 10.1. The molecule has 1 N–H and O–H groups in total. The van der Waals surface area contributed by atoms with E-state index in [0.29, 0.717) is 5.02 Å². The summed E-state index contributed by atoms with van der Waals surface area (Å²) in [5.74, 6) is -1.47. The number of hydrogen-bond donors (Lipinski definition) is 1. The smallest absolute Gasteiger partial charge is 0.305 e. The number of rotatable bonds is 3. The Morgan fingerprint density at radius 1 is 1.35 bits per heavy atom. The van der Waals surface area contributed by atoms with Gasteiger partial charge in [-0.3, -0.25) is 14.9 Å². The molecule has 0 aliphatic rings. The van der Waals surface area contributed by atoms with Crippen LogP contribution >= 0.6 is 11.6 Å². The average Bonchev–Trinajstić information content (AvgIpc) is 2.38. The summed E-state index contributed by atoms with van der Waals surface area (Å²) < 4.78 is 13.2. The first-order chi connectivity index (χ1) is 9.47. The van der Waals surface area contributed by atoms with Crippen LogP contribution in [-0.4, -0.2) is 15.8 Å². The molecule has 20 heavy (non-hydrogen) atoms. The number of nitro benzene ring substituents is 1. The molecule has 0 aliphatic carbocycles. The van der Waals surface area contributed by atoms with Crippen LogP contribution in [0.1, 0.15) is 10.4 Å². The Hall–Kier alpha value is -2.54. The van der Waals surface area contributed by atoms with Crippen LogP contribution < -0.4 is 5.32 Å². The highest BCUT2D eigenvalue weighted by Gasteiger charge is 2.17. The van der Waals surface area contributed by atoms with Gasteiger partial charge in [0.25, 0.3) is 5.91 Å². The summed E-state index contributed by atoms with van der Waals surface area (Å²) in [6.07, 6.45) is 1.39. The summed E-state index contributed by atoms with van der Waals surface area (Å²) in [5, 5.41) is 13.4. The van der Waals surface area contributed by atoms with Crippen LogP contribution in [0.15, 0.2) is 36.5 Å². The predicted molar refractivity (Wildman–Crippen MR) is 70.3 cm³/mol. The zero-order chi connectivity index (χ0) is 14.7. The van der Waals surface area contributed by atoms with Crippen LogP contribution in [0.4, 0.5) is 15.9 Å². The molecule has 0 spiro atoms. The number of anilines is 1. The van der Waals surface area contributed by atoms with Gasteiger partial charge in [0, 0.05) is 22.8 Å². The Balaban J connectivity index is 2.26. The molecule has 0 unspecified atom stereocenters. The minimum Gasteiger partial charge on any atom is -0.307 e. The number of nitrogens with zero attached hydrogens (tertiary/aromatic N) is 2. The molecule has 0 aliphatic heterocycles. The predicted octanol–water partition coefficient (Wildman–Crippen LogP) is 3.03. The third-order valence-electron chi connectivity index (χ3n) is 2.37. The lowest BCUT2D eigenvalue weighted by Crippen LogP contribution is -2.13. The minimum absolute atomic E-state index is 0.0557. The van der Waals surface area contributed by atoms with Crippen molar-refractivity contribution in [2.24, 2.45) is 0 Å². The molecule has 0 atom stereocenters. The van der Waals surface area contributed by atoms with Gasteiger partial charge in [0.2, 0.25) is 5.82 Å². The van der Waals surface area contributed by atoms with Crippen LogP contribution in [0, 0.1) is 15.9 Å². The molecule has 1 heterocycles. The van der Waals surface area contributed by atoms with E-state index >= 15 is 0 Å². The second kappa shape index (κ2) is 5.62. The topological polar surface area (TPSA) is 85.1 Å². The van der Waals surface area contributed by atoms with Gasteiger partial charge in [-0.25, -0.2) is 4.98 Å². The van der Waals surface area contributed by atoms with Gasteiger partial charge in [-0.1, -0.05) is 11.6 Å². The van der Waals surface area contributed by atoms with E-state index in [2.05, 4.69) is 10.3 Å². The van der Waals surface area contributed by atoms with E-state index in [-0.39, 0.29) is 11.4 Å². The number of carbonyl (C=O) groups excluding carboxylic acids is 1. The summed E-state index contributed by atoms with van der Waals surface area (Å²) in [6.45, 7) is 0. The number of aromatic nitrogens is 1. The van der Waals surface area contributed by atoms with Crippen LogP contribution in [0.5, 0.6) is 0 Å². The third kappa shape index (κ3) is 3.07. The van der Waals surface area contributed by atoms with E-state index < -0.39 is 22.3 Å². The maximum atomic E-state index is 13.2. The quantitative estimate of drug-likeness (QED) is 0.696. The first kappa shape index (κ1) is 13.9. The number of pyridine rings is 1. The Morgan fingerprint density at radius 3 is 2.75 bits per heavy atom. The van der Waals surface area contributed by atoms with Gasteiger partial charge < -0.3 is 5.32 Å². The highest BCUT2D eigenvalue weighted by Crippen LogP contribution is 2.19. The van der Waals surface area contributed by atoms with Crippen molar-refractivity contribution in [3.8, 4) is 0 Å². The number of hydrogen-bond acceptors (Lipinski definition) is 4. The van der Waals surface area contributed by atoms with Gasteiger partial charge in [-0.05, 0) is 24.3 Å². The Morgan fingerprint density at radius 2 is 2.10 bits per heavy atom. The zero-order valence-corrected chi connectivity index (χ0v) is 10.6. The average molecular weight is 296 g/mol. The zero-order valence-electron chi connectivity index (χ0n) is 9.84. The van der Waals surface area contributed by atoms with Crippen molar-refractivity contribution in [3.05, 3.63) is 63.0 Å². The first-order valence-electron chi connectivity index (χ1n) is 5.34. The van der Waals surface area contributed by atoms with Crippen molar-refractivity contribution in [1.29, 1.82) is 0 Å². The fourth-order valence-corrected chi connectivity index (χ4v) is 1.62. The maximum Gasteiger partial charge on any atom is 0.305 e. The number of carbonyl (C=O) groups is 1. The SMILES string of the molecule is O=C(Nc1cc(Cl)ccn1)c1ccc(F)c([N+](=O)[O-])c1. The van der Waals surface area contributed by atoms with Crippen molar-refractivity contribution in [1.82, 2.24) is 4.98 Å². The van der Waals surface area contributed by atoms with E-state index in [1.54, 1.807) is 0 Å². The van der Waals surface area contributed by atoms with E-state index in [0.717, 1.165) is 18.2 Å². The molecule has 0 fully saturated rings. The molecular weight excluding hydrogens is 289 g/mol. The monoisotopic (exact) mass is 295 g/mol. The summed E-state index contributed by atoms with van der Waals surface area (Å²) in [7, 11) is 0. The van der Waals surface area contributed by atoms with Crippen LogP contribution in [-0.2, 0) is 0 Å². The Kier molecular flexibility index (Phi) is 3.90. The van der Waals surface area contributed by atoms with E-state index in [1.165, 1.54) is 18.3 Å². The molecule has 0 radical (unpaired) electrons. The minimum atomic E-state index is -1.01. The van der Waals surface area contributed by atoms with Gasteiger partial charge in [-0.15, -0.1) is 0 Å². The lowest BCUT2D eigenvalue weighted by Gasteiger charge is -2.04. The number of nitro groups is 1. The molecule has 1 aromatic carbocycles. The van der Waals surface area contributed by atoms with Crippen LogP contribution in [0.3, 0.4) is 0 Å². The standard InChI is InChI=1S/C12H7ClFN3O3/c13-8-3-4-15-11(6-8)16-12(18)7-1-2-9(14)10(5-7)17(19)20/h1-6H,(H,15,16,18). The highest BCUT2D eigenvalue weighted by atomic mass is 35.5. The molecule has 1 aromatic heterocycles. The molecule has 0 saturated heterocycles. The van der Waals surface area contributed by atoms with Gasteiger partial charge in [0.1, 0.15) is 5.82 Å². The van der Waals surface area contributed by atoms with E-state index in [1.807, 2.05) is 0 Å². The second-order valence-corrected chi connectivity index (χ2v) is 4.17.